The predicted octanol–water partition coefficient (Wildman–Crippen LogP) is -2.81. The third-order valence-electron chi connectivity index (χ3n) is 7.91. The first-order valence-electron chi connectivity index (χ1n) is 18.0. The van der Waals surface area contributed by atoms with Gasteiger partial charge >= 0.3 is 0 Å². The van der Waals surface area contributed by atoms with Gasteiger partial charge in [0.2, 0.25) is 0 Å². The van der Waals surface area contributed by atoms with E-state index in [4.69, 9.17) is 33.3 Å². The lowest BCUT2D eigenvalue weighted by atomic mass is 10.1. The van der Waals surface area contributed by atoms with E-state index in [1.807, 2.05) is 0 Å². The van der Waals surface area contributed by atoms with E-state index in [1.165, 1.54) is 21.3 Å². The summed E-state index contributed by atoms with van der Waals surface area (Å²) in [6.07, 6.45) is -2.87. The lowest BCUT2D eigenvalue weighted by molar-refractivity contribution is -0.255. The van der Waals surface area contributed by atoms with Crippen LogP contribution in [0.3, 0.4) is 0 Å². The highest BCUT2D eigenvalue weighted by Crippen LogP contribution is 2.64. The minimum atomic E-state index is -5.88. The van der Waals surface area contributed by atoms with Crippen molar-refractivity contribution >= 4 is 70.4 Å². The number of phosphoric acid groups is 9. The highest BCUT2D eigenvalue weighted by Gasteiger charge is 2.38. The molecule has 1 N–H and O–H groups in total. The van der Waals surface area contributed by atoms with Gasteiger partial charge in [0.25, 0.3) is 70.4 Å². The molecule has 12 unspecified atom stereocenters. The molecule has 36 nitrogen and oxygen atoms in total. The zero-order valence-electron chi connectivity index (χ0n) is 36.2. The van der Waals surface area contributed by atoms with Crippen LogP contribution in [0, 0.1) is 0 Å². The van der Waals surface area contributed by atoms with Gasteiger partial charge in [0.05, 0.1) is 56.4 Å². The monoisotopic (exact) mass is 1180 g/mol. The van der Waals surface area contributed by atoms with Crippen molar-refractivity contribution in [2.75, 3.05) is 55.4 Å². The molecule has 3 heterocycles. The van der Waals surface area contributed by atoms with Crippen LogP contribution < -0.4 is 44.0 Å². The number of phosphoric ester groups is 5. The van der Waals surface area contributed by atoms with Crippen LogP contribution in [0.2, 0.25) is 0 Å². The van der Waals surface area contributed by atoms with Gasteiger partial charge in [0.1, 0.15) is 18.3 Å². The van der Waals surface area contributed by atoms with Crippen LogP contribution in [0.5, 0.6) is 0 Å². The van der Waals surface area contributed by atoms with Gasteiger partial charge in [-0.05, 0) is 20.8 Å². The van der Waals surface area contributed by atoms with Crippen LogP contribution >= 0.6 is 70.4 Å². The summed E-state index contributed by atoms with van der Waals surface area (Å²) in [6, 6.07) is 0. The molecular weight excluding hydrogens is 1130 g/mol. The standard InChI is InChI=1S/2C8H19O12P3.C7H17O12P3/c2*1-6-4-7(15-2)8(18-6)5-17-22(11,12)20-23(13,14)19-21(9,10)16-3;1-5-3-6(15-2)7(17-5)4-16-21(11,12)19-22(13,14)18-20(8,9)10/h2*6-8H,4-5H2,1-3H3,(H,9,10)(H,11,12)(H,13,14);5-7H,3-4H2,1-2H3,(H,11,12)(H,13,14)(H2,8,9,10)/p-9/t2*6-,7?,8+;5-,6?,7+/m000/s1. The van der Waals surface area contributed by atoms with Gasteiger partial charge in [-0.2, -0.15) is 0 Å². The summed E-state index contributed by atoms with van der Waals surface area (Å²) in [6.45, 7) is 3.40. The zero-order chi connectivity index (χ0) is 53.0. The Labute approximate surface area is 387 Å². The van der Waals surface area contributed by atoms with Crippen LogP contribution in [-0.2, 0) is 118 Å². The Bertz CT molecular complexity index is 1940. The number of hydrogen-bond donors (Lipinski definition) is 1. The van der Waals surface area contributed by atoms with Crippen molar-refractivity contribution in [3.05, 3.63) is 0 Å². The SMILES string of the molecule is COC1C[C@H](C)O[C@@H]1COP(=O)([O-])OP(=O)([O-])OP(=O)([O-])O.COC1C[C@H](C)O[C@@H]1COP(=O)([O-])OP(=O)([O-])OP(=O)([O-])OC.COC1C[C@H](C)O[C@@H]1COP(=O)([O-])OP(=O)([O-])OP(=O)([O-])OC. The second kappa shape index (κ2) is 27.7. The average Bonchev–Trinajstić information content (AvgIpc) is 3.83. The van der Waals surface area contributed by atoms with E-state index in [1.54, 1.807) is 20.8 Å². The van der Waals surface area contributed by atoms with Crippen molar-refractivity contribution in [1.29, 1.82) is 0 Å². The first-order valence-corrected chi connectivity index (χ1v) is 31.2. The van der Waals surface area contributed by atoms with Gasteiger partial charge in [-0.25, -0.2) is 25.9 Å². The fourth-order valence-corrected chi connectivity index (χ4v) is 14.5. The lowest BCUT2D eigenvalue weighted by Gasteiger charge is -2.34. The molecule has 18 atom stereocenters. The molecule has 0 radical (unpaired) electrons. The first kappa shape index (κ1) is 67.0. The van der Waals surface area contributed by atoms with Crippen LogP contribution in [-0.4, -0.2) is 115 Å². The van der Waals surface area contributed by atoms with Crippen molar-refractivity contribution in [3.63, 3.8) is 0 Å². The number of hydrogen-bond acceptors (Lipinski definition) is 35. The molecular formula is C23H46O36P9-9. The number of ether oxygens (including phenoxy) is 6. The molecule has 3 aliphatic heterocycles. The largest absolute Gasteiger partial charge is 0.756 e. The van der Waals surface area contributed by atoms with Crippen molar-refractivity contribution in [3.8, 4) is 0 Å². The van der Waals surface area contributed by atoms with E-state index >= 15 is 0 Å². The molecule has 0 spiro atoms. The summed E-state index contributed by atoms with van der Waals surface area (Å²) < 4.78 is 172. The Kier molecular flexibility index (Phi) is 27.3. The average molecular weight is 1180 g/mol. The summed E-state index contributed by atoms with van der Waals surface area (Å²) in [7, 11) is -44.6. The Hall–Kier alpha value is 0.990. The fraction of sp³-hybridized carbons (Fsp3) is 1.00. The molecule has 0 aromatic carbocycles. The van der Waals surface area contributed by atoms with Crippen LogP contribution in [0.15, 0.2) is 0 Å². The maximum atomic E-state index is 11.5. The van der Waals surface area contributed by atoms with Crippen molar-refractivity contribution in [1.82, 2.24) is 0 Å². The van der Waals surface area contributed by atoms with Gasteiger partial charge in [0.15, 0.2) is 0 Å². The first-order chi connectivity index (χ1) is 30.6. The summed E-state index contributed by atoms with van der Waals surface area (Å²) in [4.78, 5) is 108. The van der Waals surface area contributed by atoms with E-state index in [-0.39, 0.29) is 18.3 Å². The predicted molar refractivity (Wildman–Crippen MR) is 198 cm³/mol. The van der Waals surface area contributed by atoms with Crippen LogP contribution in [0.4, 0.5) is 0 Å². The molecule has 3 aliphatic rings. The third kappa shape index (κ3) is 27.5. The smallest absolute Gasteiger partial charge is 0.280 e. The van der Waals surface area contributed by atoms with Crippen molar-refractivity contribution < 1.29 is 167 Å². The molecule has 0 bridgehead atoms. The molecule has 68 heavy (non-hydrogen) atoms. The number of rotatable bonds is 26. The molecule has 0 aromatic heterocycles. The van der Waals surface area contributed by atoms with Gasteiger partial charge in [0, 0.05) is 54.8 Å². The van der Waals surface area contributed by atoms with Crippen LogP contribution in [0.25, 0.3) is 0 Å². The summed E-state index contributed by atoms with van der Waals surface area (Å²) in [5.74, 6) is 0. The minimum Gasteiger partial charge on any atom is -0.756 e. The van der Waals surface area contributed by atoms with Gasteiger partial charge in [-0.3, -0.25) is 41.1 Å². The Morgan fingerprint density at radius 1 is 0.397 bits per heavy atom. The van der Waals surface area contributed by atoms with Gasteiger partial charge in [-0.1, -0.05) is 0 Å². The second-order valence-electron chi connectivity index (χ2n) is 13.3. The molecule has 3 saturated heterocycles. The Morgan fingerprint density at radius 2 is 0.618 bits per heavy atom. The van der Waals surface area contributed by atoms with E-state index < -0.39 is 127 Å². The quantitative estimate of drug-likeness (QED) is 0.0854. The van der Waals surface area contributed by atoms with Crippen LogP contribution in [0.1, 0.15) is 40.0 Å². The normalized spacial score (nSPS) is 33.2. The molecule has 0 amide bonds. The van der Waals surface area contributed by atoms with E-state index in [0.29, 0.717) is 33.5 Å². The highest BCUT2D eigenvalue weighted by molar-refractivity contribution is 7.66. The third-order valence-corrected chi connectivity index (χ3v) is 19.8. The molecule has 0 saturated carbocycles. The van der Waals surface area contributed by atoms with Gasteiger partial charge < -0.3 is 100.0 Å². The van der Waals surface area contributed by atoms with E-state index in [0.717, 1.165) is 0 Å². The fourth-order valence-electron chi connectivity index (χ4n) is 5.36. The zero-order valence-corrected chi connectivity index (χ0v) is 44.2. The Balaban J connectivity index is 0.000000510. The maximum Gasteiger partial charge on any atom is 0.280 e. The summed E-state index contributed by atoms with van der Waals surface area (Å²) >= 11 is 0. The molecule has 3 fully saturated rings. The maximum absolute atomic E-state index is 11.5. The van der Waals surface area contributed by atoms with E-state index in [9.17, 15) is 85.1 Å². The molecule has 3 rings (SSSR count). The minimum absolute atomic E-state index is 0.206. The van der Waals surface area contributed by atoms with Crippen molar-refractivity contribution in [2.45, 2.75) is 95.0 Å². The summed E-state index contributed by atoms with van der Waals surface area (Å²) in [5.41, 5.74) is 0. The molecule has 0 aromatic rings. The number of methoxy groups -OCH3 is 3. The molecule has 0 aliphatic carbocycles. The topological polar surface area (TPSA) is 538 Å². The van der Waals surface area contributed by atoms with Crippen molar-refractivity contribution in [2.24, 2.45) is 0 Å². The Morgan fingerprint density at radius 3 is 0.824 bits per heavy atom. The second-order valence-corrected chi connectivity index (χ2v) is 26.8. The molecule has 45 heteroatoms. The van der Waals surface area contributed by atoms with E-state index in [2.05, 4.69) is 48.5 Å². The highest BCUT2D eigenvalue weighted by atomic mass is 31.3. The van der Waals surface area contributed by atoms with Gasteiger partial charge in [-0.15, -0.1) is 0 Å². The lowest BCUT2D eigenvalue weighted by Crippen LogP contribution is -2.29. The summed E-state index contributed by atoms with van der Waals surface area (Å²) in [5, 5.41) is 0. The molecule has 408 valence electrons.